The van der Waals surface area contributed by atoms with Crippen LogP contribution in [0.1, 0.15) is 17.3 Å². The monoisotopic (exact) mass is 221 g/mol. The topological polar surface area (TPSA) is 42.2 Å². The van der Waals surface area contributed by atoms with Gasteiger partial charge < -0.3 is 9.67 Å². The normalized spacial score (nSPS) is 12.5. The van der Waals surface area contributed by atoms with Crippen molar-refractivity contribution in [1.82, 2.24) is 4.57 Å². The van der Waals surface area contributed by atoms with Crippen LogP contribution in [0.5, 0.6) is 0 Å². The average Bonchev–Trinajstić information content (AvgIpc) is 2.87. The van der Waals surface area contributed by atoms with Gasteiger partial charge in [0.15, 0.2) is 0 Å². The van der Waals surface area contributed by atoms with Gasteiger partial charge in [0.05, 0.1) is 12.5 Å². The van der Waals surface area contributed by atoms with Crippen LogP contribution in [0.2, 0.25) is 0 Å². The van der Waals surface area contributed by atoms with Crippen molar-refractivity contribution in [2.45, 2.75) is 12.5 Å². The number of aliphatic carboxylic acids is 1. The Balaban J connectivity index is 2.29. The molecule has 0 fully saturated rings. The first-order valence-electron chi connectivity index (χ1n) is 4.65. The zero-order valence-electron chi connectivity index (χ0n) is 8.04. The fourth-order valence-corrected chi connectivity index (χ4v) is 2.39. The molecular weight excluding hydrogens is 210 g/mol. The first-order valence-corrected chi connectivity index (χ1v) is 5.53. The van der Waals surface area contributed by atoms with E-state index in [9.17, 15) is 4.79 Å². The number of thiophene rings is 1. The third kappa shape index (κ3) is 2.27. The van der Waals surface area contributed by atoms with Crippen LogP contribution in [0, 0.1) is 0 Å². The third-order valence-electron chi connectivity index (χ3n) is 2.23. The van der Waals surface area contributed by atoms with Crippen LogP contribution < -0.4 is 0 Å². The van der Waals surface area contributed by atoms with Crippen LogP contribution in [0.4, 0.5) is 0 Å². The zero-order valence-corrected chi connectivity index (χ0v) is 8.85. The second-order valence-corrected chi connectivity index (χ2v) is 4.24. The Hall–Kier alpha value is -1.55. The summed E-state index contributed by atoms with van der Waals surface area (Å²) >= 11 is 1.59. The Morgan fingerprint density at radius 3 is 2.67 bits per heavy atom. The van der Waals surface area contributed by atoms with Gasteiger partial charge in [-0.15, -0.1) is 11.3 Å². The van der Waals surface area contributed by atoms with Gasteiger partial charge in [-0.3, -0.25) is 4.79 Å². The molecule has 2 heterocycles. The summed E-state index contributed by atoms with van der Waals surface area (Å²) < 4.78 is 1.93. The van der Waals surface area contributed by atoms with Crippen LogP contribution in [-0.4, -0.2) is 15.6 Å². The number of hydrogen-bond acceptors (Lipinski definition) is 2. The molecule has 2 aromatic heterocycles. The van der Waals surface area contributed by atoms with E-state index in [0.717, 1.165) is 4.88 Å². The molecule has 4 heteroatoms. The first kappa shape index (κ1) is 9.98. The van der Waals surface area contributed by atoms with Crippen LogP contribution in [0.25, 0.3) is 0 Å². The minimum Gasteiger partial charge on any atom is -0.481 e. The van der Waals surface area contributed by atoms with E-state index in [1.807, 2.05) is 46.6 Å². The second-order valence-electron chi connectivity index (χ2n) is 3.26. The van der Waals surface area contributed by atoms with Gasteiger partial charge >= 0.3 is 5.97 Å². The van der Waals surface area contributed by atoms with Gasteiger partial charge in [0, 0.05) is 17.3 Å². The standard InChI is InChI=1S/C11H11NO2S/c13-11(14)8-9(10-4-3-7-15-10)12-5-1-2-6-12/h1-7,9H,8H2,(H,13,14)/t9-/m1/s1. The van der Waals surface area contributed by atoms with Crippen molar-refractivity contribution in [1.29, 1.82) is 0 Å². The van der Waals surface area contributed by atoms with E-state index in [-0.39, 0.29) is 12.5 Å². The van der Waals surface area contributed by atoms with Crippen molar-refractivity contribution in [3.05, 3.63) is 46.9 Å². The minimum atomic E-state index is -0.776. The summed E-state index contributed by atoms with van der Waals surface area (Å²) in [6, 6.07) is 7.64. The Labute approximate surface area is 91.6 Å². The molecule has 2 rings (SSSR count). The highest BCUT2D eigenvalue weighted by Crippen LogP contribution is 2.26. The lowest BCUT2D eigenvalue weighted by atomic mass is 10.1. The average molecular weight is 221 g/mol. The van der Waals surface area contributed by atoms with Crippen LogP contribution >= 0.6 is 11.3 Å². The van der Waals surface area contributed by atoms with E-state index in [4.69, 9.17) is 5.11 Å². The summed E-state index contributed by atoms with van der Waals surface area (Å²) in [5.41, 5.74) is 0. The highest BCUT2D eigenvalue weighted by Gasteiger charge is 2.17. The number of rotatable bonds is 4. The summed E-state index contributed by atoms with van der Waals surface area (Å²) in [5.74, 6) is -0.776. The molecule has 0 saturated heterocycles. The van der Waals surface area contributed by atoms with Crippen LogP contribution in [-0.2, 0) is 4.79 Å². The van der Waals surface area contributed by atoms with Crippen molar-refractivity contribution < 1.29 is 9.90 Å². The predicted octanol–water partition coefficient (Wildman–Crippen LogP) is 2.61. The van der Waals surface area contributed by atoms with Gasteiger partial charge in [0.1, 0.15) is 0 Å². The Morgan fingerprint density at radius 1 is 1.40 bits per heavy atom. The summed E-state index contributed by atoms with van der Waals surface area (Å²) in [5, 5.41) is 10.8. The predicted molar refractivity (Wildman–Crippen MR) is 59.1 cm³/mol. The van der Waals surface area contributed by atoms with Gasteiger partial charge in [0.2, 0.25) is 0 Å². The summed E-state index contributed by atoms with van der Waals surface area (Å²) in [6.45, 7) is 0. The number of hydrogen-bond donors (Lipinski definition) is 1. The maximum absolute atomic E-state index is 10.8. The van der Waals surface area contributed by atoms with Gasteiger partial charge in [0.25, 0.3) is 0 Å². The molecule has 1 atom stereocenters. The molecular formula is C11H11NO2S. The number of aromatic nitrogens is 1. The Morgan fingerprint density at radius 2 is 2.13 bits per heavy atom. The molecule has 0 spiro atoms. The smallest absolute Gasteiger partial charge is 0.305 e. The molecule has 0 saturated carbocycles. The maximum Gasteiger partial charge on any atom is 0.305 e. The van der Waals surface area contributed by atoms with E-state index in [1.165, 1.54) is 0 Å². The highest BCUT2D eigenvalue weighted by molar-refractivity contribution is 7.10. The molecule has 2 aromatic rings. The largest absolute Gasteiger partial charge is 0.481 e. The summed E-state index contributed by atoms with van der Waals surface area (Å²) in [7, 11) is 0. The third-order valence-corrected chi connectivity index (χ3v) is 3.20. The molecule has 0 aliphatic rings. The first-order chi connectivity index (χ1) is 7.27. The van der Waals surface area contributed by atoms with E-state index in [1.54, 1.807) is 11.3 Å². The maximum atomic E-state index is 10.8. The van der Waals surface area contributed by atoms with E-state index >= 15 is 0 Å². The van der Waals surface area contributed by atoms with Crippen molar-refractivity contribution in [3.63, 3.8) is 0 Å². The van der Waals surface area contributed by atoms with Crippen molar-refractivity contribution in [3.8, 4) is 0 Å². The molecule has 0 aromatic carbocycles. The lowest BCUT2D eigenvalue weighted by Gasteiger charge is -2.15. The second kappa shape index (κ2) is 4.31. The fourth-order valence-electron chi connectivity index (χ4n) is 1.55. The van der Waals surface area contributed by atoms with Gasteiger partial charge in [-0.1, -0.05) is 6.07 Å². The number of carbonyl (C=O) groups is 1. The van der Waals surface area contributed by atoms with Crippen molar-refractivity contribution in [2.75, 3.05) is 0 Å². The van der Waals surface area contributed by atoms with E-state index in [2.05, 4.69) is 0 Å². The van der Waals surface area contributed by atoms with Crippen LogP contribution in [0.15, 0.2) is 42.0 Å². The quantitative estimate of drug-likeness (QED) is 0.862. The molecule has 1 N–H and O–H groups in total. The van der Waals surface area contributed by atoms with Crippen molar-refractivity contribution in [2.24, 2.45) is 0 Å². The number of nitrogens with zero attached hydrogens (tertiary/aromatic N) is 1. The molecule has 0 radical (unpaired) electrons. The van der Waals surface area contributed by atoms with Crippen molar-refractivity contribution >= 4 is 17.3 Å². The van der Waals surface area contributed by atoms with Gasteiger partial charge in [-0.25, -0.2) is 0 Å². The van der Waals surface area contributed by atoms with E-state index in [0.29, 0.717) is 0 Å². The molecule has 78 valence electrons. The molecule has 0 unspecified atom stereocenters. The zero-order chi connectivity index (χ0) is 10.7. The Kier molecular flexibility index (Phi) is 2.87. The summed E-state index contributed by atoms with van der Waals surface area (Å²) in [6.07, 6.45) is 3.91. The fraction of sp³-hybridized carbons (Fsp3) is 0.182. The minimum absolute atomic E-state index is 0.0856. The van der Waals surface area contributed by atoms with Gasteiger partial charge in [-0.2, -0.15) is 0 Å². The summed E-state index contributed by atoms with van der Waals surface area (Å²) in [4.78, 5) is 11.9. The van der Waals surface area contributed by atoms with Gasteiger partial charge in [-0.05, 0) is 23.6 Å². The molecule has 15 heavy (non-hydrogen) atoms. The number of carboxylic acids is 1. The Bertz CT molecular complexity index is 385. The molecule has 0 aliphatic heterocycles. The van der Waals surface area contributed by atoms with Crippen LogP contribution in [0.3, 0.4) is 0 Å². The lowest BCUT2D eigenvalue weighted by Crippen LogP contribution is -2.12. The lowest BCUT2D eigenvalue weighted by molar-refractivity contribution is -0.137. The molecule has 0 bridgehead atoms. The molecule has 3 nitrogen and oxygen atoms in total. The highest BCUT2D eigenvalue weighted by atomic mass is 32.1. The molecule has 0 aliphatic carbocycles. The van der Waals surface area contributed by atoms with E-state index < -0.39 is 5.97 Å². The molecule has 0 amide bonds. The SMILES string of the molecule is O=C(O)C[C@H](c1cccs1)n1cccc1. The number of carboxylic acid groups (broad SMARTS) is 1.